The molecule has 0 radical (unpaired) electrons. The summed E-state index contributed by atoms with van der Waals surface area (Å²) < 4.78 is 0. The van der Waals surface area contributed by atoms with Crippen LogP contribution in [0.4, 0.5) is 5.69 Å². The summed E-state index contributed by atoms with van der Waals surface area (Å²) in [6.07, 6.45) is 1.68. The molecule has 2 nitrogen and oxygen atoms in total. The zero-order valence-corrected chi connectivity index (χ0v) is 10.1. The molecule has 1 aromatic rings. The smallest absolute Gasteiger partial charge is 0.225 e. The fraction of sp³-hybridized carbons (Fsp3) is 0.300. The molecule has 0 saturated carbocycles. The summed E-state index contributed by atoms with van der Waals surface area (Å²) in [5.41, 5.74) is 0.997. The molecule has 0 spiro atoms. The predicted octanol–water partition coefficient (Wildman–Crippen LogP) is 1.61. The van der Waals surface area contributed by atoms with Crippen molar-refractivity contribution in [1.82, 2.24) is 0 Å². The van der Waals surface area contributed by atoms with E-state index in [2.05, 4.69) is 6.07 Å². The third-order valence-electron chi connectivity index (χ3n) is 2.09. The van der Waals surface area contributed by atoms with Gasteiger partial charge in [-0.25, -0.2) is 0 Å². The van der Waals surface area contributed by atoms with Gasteiger partial charge in [0.15, 0.2) is 0 Å². The van der Waals surface area contributed by atoms with Crippen LogP contribution in [0, 0.1) is 6.07 Å². The second-order valence-electron chi connectivity index (χ2n) is 2.91. The number of rotatable bonds is 1. The van der Waals surface area contributed by atoms with E-state index < -0.39 is 0 Å². The van der Waals surface area contributed by atoms with Gasteiger partial charge >= 0.3 is 0 Å². The van der Waals surface area contributed by atoms with Crippen LogP contribution in [0.5, 0.6) is 0 Å². The molecule has 0 bridgehead atoms. The number of amides is 1. The quantitative estimate of drug-likeness (QED) is 0.709. The van der Waals surface area contributed by atoms with E-state index in [1.54, 1.807) is 0 Å². The molecule has 68 valence electrons. The van der Waals surface area contributed by atoms with Gasteiger partial charge in [-0.3, -0.25) is 4.79 Å². The number of hydrogen-bond acceptors (Lipinski definition) is 1. The van der Waals surface area contributed by atoms with Gasteiger partial charge in [0.2, 0.25) is 5.91 Å². The Kier molecular flexibility index (Phi) is 3.68. The molecule has 1 aliphatic rings. The Morgan fingerprint density at radius 1 is 1.31 bits per heavy atom. The van der Waals surface area contributed by atoms with Crippen molar-refractivity contribution in [3.05, 3.63) is 30.3 Å². The topological polar surface area (TPSA) is 20.3 Å². The minimum absolute atomic E-state index is 0. The molecule has 1 fully saturated rings. The maximum absolute atomic E-state index is 11.3. The fourth-order valence-electron chi connectivity index (χ4n) is 1.48. The Hall–Kier alpha value is -0.622. The molecule has 2 rings (SSSR count). The van der Waals surface area contributed by atoms with Crippen LogP contribution in [0.25, 0.3) is 0 Å². The minimum atomic E-state index is 0. The summed E-state index contributed by atoms with van der Waals surface area (Å²) in [6.45, 7) is 0.864. The zero-order valence-electron chi connectivity index (χ0n) is 7.19. The fourth-order valence-corrected chi connectivity index (χ4v) is 1.48. The van der Waals surface area contributed by atoms with Crippen molar-refractivity contribution in [3.63, 3.8) is 0 Å². The Morgan fingerprint density at radius 2 is 2.00 bits per heavy atom. The first-order chi connectivity index (χ1) is 5.88. The molecule has 1 amide bonds. The maximum Gasteiger partial charge on any atom is 0.225 e. The van der Waals surface area contributed by atoms with Gasteiger partial charge in [-0.05, 0) is 6.42 Å². The van der Waals surface area contributed by atoms with E-state index in [1.807, 2.05) is 29.2 Å². The van der Waals surface area contributed by atoms with Crippen molar-refractivity contribution >= 4 is 11.6 Å². The number of benzene rings is 1. The second-order valence-corrected chi connectivity index (χ2v) is 2.91. The minimum Gasteiger partial charge on any atom is -0.336 e. The molecule has 0 aliphatic carbocycles. The summed E-state index contributed by atoms with van der Waals surface area (Å²) >= 11 is 0. The van der Waals surface area contributed by atoms with Crippen molar-refractivity contribution in [2.45, 2.75) is 12.8 Å². The molecule has 1 aliphatic heterocycles. The van der Waals surface area contributed by atoms with Crippen molar-refractivity contribution in [3.8, 4) is 0 Å². The molecule has 1 aromatic carbocycles. The van der Waals surface area contributed by atoms with Crippen molar-refractivity contribution < 1.29 is 25.9 Å². The van der Waals surface area contributed by atoms with Crippen molar-refractivity contribution in [2.75, 3.05) is 11.4 Å². The van der Waals surface area contributed by atoms with E-state index >= 15 is 0 Å². The molecular weight excluding hydrogens is 334 g/mol. The molecule has 3 heteroatoms. The Balaban J connectivity index is 0.000000845. The number of nitrogens with zero attached hydrogens (tertiary/aromatic N) is 1. The van der Waals surface area contributed by atoms with Crippen molar-refractivity contribution in [1.29, 1.82) is 0 Å². The summed E-state index contributed by atoms with van der Waals surface area (Å²) in [5.74, 6) is 0.237. The summed E-state index contributed by atoms with van der Waals surface area (Å²) in [6, 6.07) is 10.4. The molecule has 1 saturated heterocycles. The standard InChI is InChI=1S/C10H10NO.W/c12-10-7-4-8-11(10)9-5-2-1-3-6-9;/h2-3,5-6H,4,7-8H2;/q-1;. The van der Waals surface area contributed by atoms with E-state index in [1.165, 1.54) is 0 Å². The monoisotopic (exact) mass is 344 g/mol. The SMILES string of the molecule is O=C1CCCN1c1cc[c-]cc1.[W]. The maximum atomic E-state index is 11.3. The number of carbonyl (C=O) groups is 1. The average molecular weight is 344 g/mol. The van der Waals surface area contributed by atoms with Gasteiger partial charge in [0.1, 0.15) is 0 Å². The van der Waals surface area contributed by atoms with E-state index in [0.29, 0.717) is 6.42 Å². The third-order valence-corrected chi connectivity index (χ3v) is 2.09. The number of hydrogen-bond donors (Lipinski definition) is 0. The average Bonchev–Trinajstić information content (AvgIpc) is 2.53. The van der Waals surface area contributed by atoms with Gasteiger partial charge in [-0.15, -0.1) is 12.1 Å². The number of carbonyl (C=O) groups excluding carboxylic acids is 1. The normalized spacial score (nSPS) is 15.7. The van der Waals surface area contributed by atoms with Gasteiger partial charge in [-0.1, -0.05) is 5.69 Å². The Morgan fingerprint density at radius 3 is 2.54 bits per heavy atom. The van der Waals surface area contributed by atoms with Gasteiger partial charge in [0, 0.05) is 34.0 Å². The van der Waals surface area contributed by atoms with E-state index in [4.69, 9.17) is 0 Å². The molecule has 0 atom stereocenters. The van der Waals surface area contributed by atoms with E-state index in [9.17, 15) is 4.79 Å². The largest absolute Gasteiger partial charge is 0.336 e. The van der Waals surface area contributed by atoms with Crippen LogP contribution in [-0.2, 0) is 25.9 Å². The summed E-state index contributed by atoms with van der Waals surface area (Å²) in [4.78, 5) is 13.1. The first-order valence-corrected chi connectivity index (χ1v) is 4.14. The summed E-state index contributed by atoms with van der Waals surface area (Å²) in [7, 11) is 0. The van der Waals surface area contributed by atoms with Crippen LogP contribution in [0.1, 0.15) is 12.8 Å². The van der Waals surface area contributed by atoms with Crippen LogP contribution in [-0.4, -0.2) is 12.5 Å². The second kappa shape index (κ2) is 4.57. The molecular formula is C10H10NOW-. The van der Waals surface area contributed by atoms with E-state index in [0.717, 1.165) is 18.7 Å². The zero-order chi connectivity index (χ0) is 8.39. The molecule has 0 N–H and O–H groups in total. The molecule has 0 unspecified atom stereocenters. The van der Waals surface area contributed by atoms with Crippen LogP contribution in [0.3, 0.4) is 0 Å². The van der Waals surface area contributed by atoms with E-state index in [-0.39, 0.29) is 27.0 Å². The van der Waals surface area contributed by atoms with Gasteiger partial charge in [0.05, 0.1) is 0 Å². The first-order valence-electron chi connectivity index (χ1n) is 4.14. The molecule has 0 aromatic heterocycles. The molecule has 1 heterocycles. The van der Waals surface area contributed by atoms with Crippen LogP contribution < -0.4 is 4.90 Å². The molecule has 13 heavy (non-hydrogen) atoms. The van der Waals surface area contributed by atoms with Crippen LogP contribution in [0.15, 0.2) is 24.3 Å². The Labute approximate surface area is 92.2 Å². The first kappa shape index (κ1) is 10.5. The Bertz CT molecular complexity index is 286. The van der Waals surface area contributed by atoms with Gasteiger partial charge in [0.25, 0.3) is 0 Å². The van der Waals surface area contributed by atoms with Gasteiger partial charge in [-0.2, -0.15) is 18.2 Å². The number of anilines is 1. The van der Waals surface area contributed by atoms with Crippen LogP contribution >= 0.6 is 0 Å². The van der Waals surface area contributed by atoms with Crippen molar-refractivity contribution in [2.24, 2.45) is 0 Å². The summed E-state index contributed by atoms with van der Waals surface area (Å²) in [5, 5.41) is 0. The predicted molar refractivity (Wildman–Crippen MR) is 46.9 cm³/mol. The van der Waals surface area contributed by atoms with Crippen LogP contribution in [0.2, 0.25) is 0 Å². The van der Waals surface area contributed by atoms with Gasteiger partial charge < -0.3 is 4.90 Å². The third kappa shape index (κ3) is 2.19.